The standard InChI is InChI=1S/C13H16N4O/c1-9(2)17-12(7-8-15-17)10-5-4-6-11(16-10)13(18)14-3/h4-9H,1-3H3,(H,14,18). The highest BCUT2D eigenvalue weighted by atomic mass is 16.1. The van der Waals surface area contributed by atoms with E-state index in [1.165, 1.54) is 0 Å². The molecular formula is C13H16N4O. The number of hydrogen-bond donors (Lipinski definition) is 1. The minimum atomic E-state index is -0.188. The number of rotatable bonds is 3. The van der Waals surface area contributed by atoms with E-state index < -0.39 is 0 Å². The zero-order valence-corrected chi connectivity index (χ0v) is 10.7. The summed E-state index contributed by atoms with van der Waals surface area (Å²) < 4.78 is 1.88. The first-order valence-corrected chi connectivity index (χ1v) is 5.86. The highest BCUT2D eigenvalue weighted by Crippen LogP contribution is 2.20. The Morgan fingerprint density at radius 3 is 2.78 bits per heavy atom. The molecule has 2 aromatic rings. The van der Waals surface area contributed by atoms with Gasteiger partial charge in [-0.3, -0.25) is 9.48 Å². The molecule has 0 saturated heterocycles. The normalized spacial score (nSPS) is 10.7. The minimum Gasteiger partial charge on any atom is -0.354 e. The van der Waals surface area contributed by atoms with E-state index >= 15 is 0 Å². The lowest BCUT2D eigenvalue weighted by atomic mass is 10.2. The number of carbonyl (C=O) groups is 1. The van der Waals surface area contributed by atoms with Crippen LogP contribution in [-0.4, -0.2) is 27.7 Å². The van der Waals surface area contributed by atoms with Crippen LogP contribution in [0, 0.1) is 0 Å². The van der Waals surface area contributed by atoms with Crippen LogP contribution in [-0.2, 0) is 0 Å². The van der Waals surface area contributed by atoms with Crippen molar-refractivity contribution < 1.29 is 4.79 Å². The predicted octanol–water partition coefficient (Wildman–Crippen LogP) is 1.89. The third-order valence-corrected chi connectivity index (χ3v) is 2.63. The molecule has 0 spiro atoms. The number of carbonyl (C=O) groups excluding carboxylic acids is 1. The summed E-state index contributed by atoms with van der Waals surface area (Å²) in [6.07, 6.45) is 1.74. The van der Waals surface area contributed by atoms with Crippen molar-refractivity contribution in [3.63, 3.8) is 0 Å². The number of nitrogens with one attached hydrogen (secondary N) is 1. The van der Waals surface area contributed by atoms with Crippen LogP contribution in [0.4, 0.5) is 0 Å². The molecule has 0 atom stereocenters. The zero-order valence-electron chi connectivity index (χ0n) is 10.7. The molecule has 1 amide bonds. The van der Waals surface area contributed by atoms with E-state index in [-0.39, 0.29) is 11.9 Å². The van der Waals surface area contributed by atoms with E-state index in [1.807, 2.05) is 22.9 Å². The van der Waals surface area contributed by atoms with E-state index in [4.69, 9.17) is 0 Å². The maximum atomic E-state index is 11.6. The van der Waals surface area contributed by atoms with Crippen LogP contribution < -0.4 is 5.32 Å². The van der Waals surface area contributed by atoms with Crippen LogP contribution in [0.2, 0.25) is 0 Å². The van der Waals surface area contributed by atoms with Gasteiger partial charge in [-0.05, 0) is 32.0 Å². The van der Waals surface area contributed by atoms with Crippen LogP contribution in [0.15, 0.2) is 30.5 Å². The second-order valence-corrected chi connectivity index (χ2v) is 4.24. The van der Waals surface area contributed by atoms with Crippen LogP contribution >= 0.6 is 0 Å². The smallest absolute Gasteiger partial charge is 0.269 e. The second kappa shape index (κ2) is 5.00. The highest BCUT2D eigenvalue weighted by Gasteiger charge is 2.11. The average Bonchev–Trinajstić information content (AvgIpc) is 2.87. The Morgan fingerprint density at radius 1 is 1.33 bits per heavy atom. The van der Waals surface area contributed by atoms with Gasteiger partial charge in [0.25, 0.3) is 5.91 Å². The van der Waals surface area contributed by atoms with Crippen molar-refractivity contribution in [2.24, 2.45) is 0 Å². The molecule has 0 aliphatic heterocycles. The van der Waals surface area contributed by atoms with Crippen molar-refractivity contribution in [1.82, 2.24) is 20.1 Å². The van der Waals surface area contributed by atoms with Gasteiger partial charge in [0.15, 0.2) is 0 Å². The van der Waals surface area contributed by atoms with Crippen molar-refractivity contribution in [3.8, 4) is 11.4 Å². The van der Waals surface area contributed by atoms with E-state index in [2.05, 4.69) is 29.2 Å². The van der Waals surface area contributed by atoms with Gasteiger partial charge in [-0.2, -0.15) is 5.10 Å². The minimum absolute atomic E-state index is 0.188. The molecule has 2 aromatic heterocycles. The topological polar surface area (TPSA) is 59.8 Å². The molecule has 2 heterocycles. The van der Waals surface area contributed by atoms with Gasteiger partial charge < -0.3 is 5.32 Å². The number of amides is 1. The highest BCUT2D eigenvalue weighted by molar-refractivity contribution is 5.92. The summed E-state index contributed by atoms with van der Waals surface area (Å²) in [4.78, 5) is 15.9. The molecule has 0 unspecified atom stereocenters. The summed E-state index contributed by atoms with van der Waals surface area (Å²) in [5.41, 5.74) is 2.07. The summed E-state index contributed by atoms with van der Waals surface area (Å²) >= 11 is 0. The summed E-state index contributed by atoms with van der Waals surface area (Å²) in [6.45, 7) is 4.11. The first-order valence-electron chi connectivity index (χ1n) is 5.86. The maximum Gasteiger partial charge on any atom is 0.269 e. The SMILES string of the molecule is CNC(=O)c1cccc(-c2ccnn2C(C)C)n1. The van der Waals surface area contributed by atoms with E-state index in [1.54, 1.807) is 19.3 Å². The summed E-state index contributed by atoms with van der Waals surface area (Å²) in [6, 6.07) is 7.54. The Labute approximate surface area is 106 Å². The number of hydrogen-bond acceptors (Lipinski definition) is 3. The molecule has 0 aliphatic rings. The molecule has 5 nitrogen and oxygen atoms in total. The maximum absolute atomic E-state index is 11.6. The van der Waals surface area contributed by atoms with Crippen molar-refractivity contribution in [2.45, 2.75) is 19.9 Å². The summed E-state index contributed by atoms with van der Waals surface area (Å²) in [7, 11) is 1.59. The Morgan fingerprint density at radius 2 is 2.11 bits per heavy atom. The van der Waals surface area contributed by atoms with Gasteiger partial charge in [-0.15, -0.1) is 0 Å². The number of nitrogens with zero attached hydrogens (tertiary/aromatic N) is 3. The first-order chi connectivity index (χ1) is 8.63. The van der Waals surface area contributed by atoms with Crippen LogP contribution in [0.5, 0.6) is 0 Å². The number of aromatic nitrogens is 3. The average molecular weight is 244 g/mol. The van der Waals surface area contributed by atoms with Crippen molar-refractivity contribution in [2.75, 3.05) is 7.05 Å². The fourth-order valence-corrected chi connectivity index (χ4v) is 1.76. The number of pyridine rings is 1. The van der Waals surface area contributed by atoms with Gasteiger partial charge in [0.05, 0.1) is 11.4 Å². The van der Waals surface area contributed by atoms with Crippen molar-refractivity contribution in [3.05, 3.63) is 36.2 Å². The lowest BCUT2D eigenvalue weighted by Gasteiger charge is -2.10. The van der Waals surface area contributed by atoms with Crippen molar-refractivity contribution >= 4 is 5.91 Å². The van der Waals surface area contributed by atoms with E-state index in [0.717, 1.165) is 11.4 Å². The molecule has 0 aromatic carbocycles. The third kappa shape index (κ3) is 2.25. The van der Waals surface area contributed by atoms with Gasteiger partial charge in [0.2, 0.25) is 0 Å². The molecule has 0 saturated carbocycles. The molecule has 0 bridgehead atoms. The van der Waals surface area contributed by atoms with Crippen LogP contribution in [0.25, 0.3) is 11.4 Å². The molecule has 94 valence electrons. The fourth-order valence-electron chi connectivity index (χ4n) is 1.76. The molecule has 0 aliphatic carbocycles. The largest absolute Gasteiger partial charge is 0.354 e. The fraction of sp³-hybridized carbons (Fsp3) is 0.308. The monoisotopic (exact) mass is 244 g/mol. The Hall–Kier alpha value is -2.17. The zero-order chi connectivity index (χ0) is 13.1. The molecule has 1 N–H and O–H groups in total. The lowest BCUT2D eigenvalue weighted by Crippen LogP contribution is -2.19. The Bertz CT molecular complexity index is 560. The van der Waals surface area contributed by atoms with Gasteiger partial charge >= 0.3 is 0 Å². The molecule has 0 radical (unpaired) electrons. The van der Waals surface area contributed by atoms with Crippen LogP contribution in [0.1, 0.15) is 30.4 Å². The first kappa shape index (κ1) is 12.3. The lowest BCUT2D eigenvalue weighted by molar-refractivity contribution is 0.0958. The predicted molar refractivity (Wildman–Crippen MR) is 69.2 cm³/mol. The van der Waals surface area contributed by atoms with Gasteiger partial charge in [-0.25, -0.2) is 4.98 Å². The van der Waals surface area contributed by atoms with E-state index in [9.17, 15) is 4.79 Å². The second-order valence-electron chi connectivity index (χ2n) is 4.24. The van der Waals surface area contributed by atoms with Crippen molar-refractivity contribution in [1.29, 1.82) is 0 Å². The molecule has 18 heavy (non-hydrogen) atoms. The molecule has 0 fully saturated rings. The van der Waals surface area contributed by atoms with Gasteiger partial charge in [-0.1, -0.05) is 6.07 Å². The third-order valence-electron chi connectivity index (χ3n) is 2.63. The Balaban J connectivity index is 2.45. The summed E-state index contributed by atoms with van der Waals surface area (Å²) in [5, 5.41) is 6.83. The Kier molecular flexibility index (Phi) is 3.41. The van der Waals surface area contributed by atoms with Gasteiger partial charge in [0.1, 0.15) is 5.69 Å². The quantitative estimate of drug-likeness (QED) is 0.896. The van der Waals surface area contributed by atoms with Gasteiger partial charge in [0, 0.05) is 19.3 Å². The molecule has 2 rings (SSSR count). The molecule has 5 heteroatoms. The van der Waals surface area contributed by atoms with Crippen LogP contribution in [0.3, 0.4) is 0 Å². The van der Waals surface area contributed by atoms with E-state index in [0.29, 0.717) is 5.69 Å². The molecular weight excluding hydrogens is 228 g/mol. The summed E-state index contributed by atoms with van der Waals surface area (Å²) in [5.74, 6) is -0.188.